The Hall–Kier alpha value is -2.31. The molecular weight excluding hydrogens is 398 g/mol. The van der Waals surface area contributed by atoms with Gasteiger partial charge in [0.2, 0.25) is 5.91 Å². The summed E-state index contributed by atoms with van der Waals surface area (Å²) in [6, 6.07) is 7.98. The third kappa shape index (κ3) is 5.43. The summed E-state index contributed by atoms with van der Waals surface area (Å²) in [6.45, 7) is 12.1. The summed E-state index contributed by atoms with van der Waals surface area (Å²) in [5, 5.41) is 8.10. The molecule has 2 aromatic rings. The maximum atomic E-state index is 12.6. The predicted octanol–water partition coefficient (Wildman–Crippen LogP) is 4.44. The van der Waals surface area contributed by atoms with E-state index in [0.717, 1.165) is 74.7 Å². The number of hydrogen-bond acceptors (Lipinski definition) is 4. The molecule has 1 aliphatic rings. The Morgan fingerprint density at radius 1 is 1.20 bits per heavy atom. The number of halogens is 1. The number of benzene rings is 1. The highest BCUT2D eigenvalue weighted by Gasteiger charge is 2.18. The van der Waals surface area contributed by atoms with Gasteiger partial charge in [-0.05, 0) is 38.1 Å². The van der Waals surface area contributed by atoms with Gasteiger partial charge in [-0.3, -0.25) is 9.48 Å². The van der Waals surface area contributed by atoms with Crippen LogP contribution in [0, 0.1) is 6.92 Å². The molecule has 6 nitrogen and oxygen atoms in total. The Balaban J connectivity index is 1.68. The highest BCUT2D eigenvalue weighted by Crippen LogP contribution is 2.27. The van der Waals surface area contributed by atoms with E-state index in [1.54, 1.807) is 6.08 Å². The Kier molecular flexibility index (Phi) is 7.94. The minimum Gasteiger partial charge on any atom is -0.367 e. The number of carbonyl (C=O) groups excluding carboxylic acids is 1. The fraction of sp³-hybridized carbons (Fsp3) is 0.478. The third-order valence-corrected chi connectivity index (χ3v) is 5.96. The molecule has 0 saturated carbocycles. The van der Waals surface area contributed by atoms with Crippen molar-refractivity contribution in [2.24, 2.45) is 0 Å². The maximum Gasteiger partial charge on any atom is 0.248 e. The zero-order chi connectivity index (χ0) is 21.5. The van der Waals surface area contributed by atoms with Crippen molar-refractivity contribution in [2.45, 2.75) is 40.2 Å². The summed E-state index contributed by atoms with van der Waals surface area (Å²) >= 11 is 6.47. The number of aryl methyl sites for hydroxylation is 2. The first-order valence-electron chi connectivity index (χ1n) is 10.8. The van der Waals surface area contributed by atoms with E-state index < -0.39 is 0 Å². The van der Waals surface area contributed by atoms with E-state index in [9.17, 15) is 4.79 Å². The van der Waals surface area contributed by atoms with Gasteiger partial charge in [0.1, 0.15) is 5.15 Å². The molecule has 2 heterocycles. The van der Waals surface area contributed by atoms with Crippen molar-refractivity contribution in [1.82, 2.24) is 14.7 Å². The topological polar surface area (TPSA) is 53.4 Å². The summed E-state index contributed by atoms with van der Waals surface area (Å²) in [5.74, 6) is -0.175. The first-order chi connectivity index (χ1) is 14.5. The van der Waals surface area contributed by atoms with E-state index in [1.165, 1.54) is 6.08 Å². The van der Waals surface area contributed by atoms with E-state index in [4.69, 9.17) is 11.6 Å². The quantitative estimate of drug-likeness (QED) is 0.630. The Bertz CT molecular complexity index is 884. The second kappa shape index (κ2) is 10.6. The van der Waals surface area contributed by atoms with Crippen LogP contribution in [0.4, 0.5) is 11.4 Å². The molecule has 0 unspecified atom stereocenters. The van der Waals surface area contributed by atoms with Crippen LogP contribution in [0.5, 0.6) is 0 Å². The van der Waals surface area contributed by atoms with Crippen molar-refractivity contribution >= 4 is 35.0 Å². The largest absolute Gasteiger partial charge is 0.367 e. The van der Waals surface area contributed by atoms with Gasteiger partial charge in [0.05, 0.1) is 17.1 Å². The minimum absolute atomic E-state index is 0.175. The van der Waals surface area contributed by atoms with Crippen molar-refractivity contribution in [3.05, 3.63) is 46.8 Å². The van der Waals surface area contributed by atoms with E-state index in [-0.39, 0.29) is 5.91 Å². The number of amides is 1. The smallest absolute Gasteiger partial charge is 0.248 e. The second-order valence-corrected chi connectivity index (χ2v) is 7.99. The van der Waals surface area contributed by atoms with Crippen LogP contribution in [0.15, 0.2) is 30.3 Å². The lowest BCUT2D eigenvalue weighted by atomic mass is 10.2. The van der Waals surface area contributed by atoms with Crippen LogP contribution in [0.2, 0.25) is 5.15 Å². The van der Waals surface area contributed by atoms with E-state index in [2.05, 4.69) is 40.1 Å². The van der Waals surface area contributed by atoms with E-state index >= 15 is 0 Å². The number of piperazine rings is 1. The normalized spacial score (nSPS) is 15.1. The molecule has 0 bridgehead atoms. The van der Waals surface area contributed by atoms with Crippen LogP contribution in [-0.4, -0.2) is 53.3 Å². The van der Waals surface area contributed by atoms with Crippen LogP contribution < -0.4 is 10.2 Å². The molecule has 1 aliphatic heterocycles. The molecule has 3 rings (SSSR count). The molecule has 1 amide bonds. The molecule has 1 aromatic heterocycles. The Labute approximate surface area is 184 Å². The van der Waals surface area contributed by atoms with Crippen molar-refractivity contribution in [3.63, 3.8) is 0 Å². The van der Waals surface area contributed by atoms with Crippen LogP contribution in [0.1, 0.15) is 37.9 Å². The van der Waals surface area contributed by atoms with Crippen LogP contribution in [0.3, 0.4) is 0 Å². The van der Waals surface area contributed by atoms with Crippen LogP contribution in [0.25, 0.3) is 6.08 Å². The number of rotatable bonds is 8. The van der Waals surface area contributed by atoms with Gasteiger partial charge in [-0.25, -0.2) is 0 Å². The number of nitrogens with one attached hydrogen (secondary N) is 1. The zero-order valence-corrected chi connectivity index (χ0v) is 19.0. The first-order valence-corrected chi connectivity index (χ1v) is 11.2. The van der Waals surface area contributed by atoms with Crippen molar-refractivity contribution < 1.29 is 4.79 Å². The first kappa shape index (κ1) is 22.4. The molecule has 1 saturated heterocycles. The van der Waals surface area contributed by atoms with Gasteiger partial charge >= 0.3 is 0 Å². The van der Waals surface area contributed by atoms with Gasteiger partial charge in [-0.1, -0.05) is 44.0 Å². The molecule has 1 N–H and O–H groups in total. The van der Waals surface area contributed by atoms with Crippen molar-refractivity contribution in [3.8, 4) is 0 Å². The molecule has 0 radical (unpaired) electrons. The second-order valence-electron chi connectivity index (χ2n) is 7.63. The molecule has 0 atom stereocenters. The number of hydrogen-bond donors (Lipinski definition) is 1. The molecule has 1 aromatic carbocycles. The van der Waals surface area contributed by atoms with Gasteiger partial charge in [-0.15, -0.1) is 0 Å². The number of aromatic nitrogens is 2. The average Bonchev–Trinajstić information content (AvgIpc) is 3.03. The molecule has 0 aliphatic carbocycles. The van der Waals surface area contributed by atoms with Gasteiger partial charge in [-0.2, -0.15) is 5.10 Å². The Morgan fingerprint density at radius 2 is 1.93 bits per heavy atom. The summed E-state index contributed by atoms with van der Waals surface area (Å²) < 4.78 is 1.81. The molecule has 0 spiro atoms. The third-order valence-electron chi connectivity index (χ3n) is 5.56. The number of carbonyl (C=O) groups is 1. The highest BCUT2D eigenvalue weighted by atomic mass is 35.5. The number of anilines is 2. The molecule has 1 fully saturated rings. The van der Waals surface area contributed by atoms with Gasteiger partial charge in [0.15, 0.2) is 0 Å². The zero-order valence-electron chi connectivity index (χ0n) is 18.2. The summed E-state index contributed by atoms with van der Waals surface area (Å²) in [6.07, 6.45) is 5.39. The predicted molar refractivity (Wildman–Crippen MR) is 125 cm³/mol. The van der Waals surface area contributed by atoms with Crippen LogP contribution in [-0.2, 0) is 11.3 Å². The number of unbranched alkanes of at least 4 members (excludes halogenated alkanes) is 1. The number of likely N-dealkylation sites (N-methyl/N-ethyl adjacent to an activating group) is 1. The lowest BCUT2D eigenvalue weighted by Gasteiger charge is -2.36. The SMILES string of the molecule is CCCCn1nc(C)c(/C=C/C(=O)Nc2ccccc2N2CCN(CC)CC2)c1Cl. The van der Waals surface area contributed by atoms with E-state index in [1.807, 2.05) is 29.8 Å². The minimum atomic E-state index is -0.175. The maximum absolute atomic E-state index is 12.6. The molecule has 162 valence electrons. The van der Waals surface area contributed by atoms with Gasteiger partial charge in [0.25, 0.3) is 0 Å². The number of para-hydroxylation sites is 2. The Morgan fingerprint density at radius 3 is 2.63 bits per heavy atom. The molecule has 7 heteroatoms. The standard InChI is InChI=1S/C23H32ClN5O/c1-4-6-13-29-23(24)19(18(3)26-29)11-12-22(30)25-20-9-7-8-10-21(20)28-16-14-27(5-2)15-17-28/h7-12H,4-6,13-17H2,1-3H3,(H,25,30)/b12-11+. The molecular formula is C23H32ClN5O. The monoisotopic (exact) mass is 429 g/mol. The van der Waals surface area contributed by atoms with Gasteiger partial charge < -0.3 is 15.1 Å². The number of nitrogens with zero attached hydrogens (tertiary/aromatic N) is 4. The van der Waals surface area contributed by atoms with Crippen molar-refractivity contribution in [1.29, 1.82) is 0 Å². The van der Waals surface area contributed by atoms with E-state index in [0.29, 0.717) is 5.15 Å². The summed E-state index contributed by atoms with van der Waals surface area (Å²) in [7, 11) is 0. The highest BCUT2D eigenvalue weighted by molar-refractivity contribution is 6.31. The lowest BCUT2D eigenvalue weighted by molar-refractivity contribution is -0.111. The fourth-order valence-corrected chi connectivity index (χ4v) is 4.03. The summed E-state index contributed by atoms with van der Waals surface area (Å²) in [4.78, 5) is 17.4. The molecule has 30 heavy (non-hydrogen) atoms. The lowest BCUT2D eigenvalue weighted by Crippen LogP contribution is -2.46. The average molecular weight is 430 g/mol. The van der Waals surface area contributed by atoms with Crippen LogP contribution >= 0.6 is 11.6 Å². The van der Waals surface area contributed by atoms with Crippen molar-refractivity contribution in [2.75, 3.05) is 42.9 Å². The van der Waals surface area contributed by atoms with Gasteiger partial charge in [0, 0.05) is 44.4 Å². The fourth-order valence-electron chi connectivity index (χ4n) is 3.71. The summed E-state index contributed by atoms with van der Waals surface area (Å²) in [5.41, 5.74) is 3.52.